The number of nitrogens with zero attached hydrogens (tertiary/aromatic N) is 1. The second-order valence-electron chi connectivity index (χ2n) is 4.79. The Labute approximate surface area is 96.4 Å². The molecule has 4 heteroatoms. The average Bonchev–Trinajstić information content (AvgIpc) is 3.12. The molecule has 2 aliphatic rings. The number of amides is 2. The fourth-order valence-electron chi connectivity index (χ4n) is 2.30. The Morgan fingerprint density at radius 2 is 2.00 bits per heavy atom. The second kappa shape index (κ2) is 4.85. The van der Waals surface area contributed by atoms with Crippen LogP contribution in [0.3, 0.4) is 0 Å². The van der Waals surface area contributed by atoms with Crippen molar-refractivity contribution in [2.24, 2.45) is 11.8 Å². The number of nitrogens with one attached hydrogen (secondary N) is 1. The molecular formula is C12H20N2O2. The Morgan fingerprint density at radius 3 is 2.62 bits per heavy atom. The average molecular weight is 224 g/mol. The van der Waals surface area contributed by atoms with Gasteiger partial charge in [0.05, 0.1) is 5.92 Å². The number of hydrogen-bond donors (Lipinski definition) is 1. The minimum absolute atomic E-state index is 0.0106. The maximum absolute atomic E-state index is 11.9. The van der Waals surface area contributed by atoms with E-state index in [-0.39, 0.29) is 23.7 Å². The number of hydrogen-bond acceptors (Lipinski definition) is 2. The van der Waals surface area contributed by atoms with Gasteiger partial charge in [-0.1, -0.05) is 0 Å². The summed E-state index contributed by atoms with van der Waals surface area (Å²) in [6, 6.07) is 0. The van der Waals surface area contributed by atoms with Crippen molar-refractivity contribution in [3.05, 3.63) is 0 Å². The van der Waals surface area contributed by atoms with Gasteiger partial charge in [0.15, 0.2) is 0 Å². The van der Waals surface area contributed by atoms with Gasteiger partial charge in [-0.2, -0.15) is 0 Å². The van der Waals surface area contributed by atoms with Gasteiger partial charge in [0, 0.05) is 25.6 Å². The Balaban J connectivity index is 1.87. The topological polar surface area (TPSA) is 49.4 Å². The van der Waals surface area contributed by atoms with E-state index >= 15 is 0 Å². The first kappa shape index (κ1) is 11.4. The van der Waals surface area contributed by atoms with Crippen molar-refractivity contribution in [3.63, 3.8) is 0 Å². The summed E-state index contributed by atoms with van der Waals surface area (Å²) in [5.74, 6) is 0.661. The SMILES string of the molecule is CCNC(=O)C1CCCN(C(=O)C2CC2)C1. The van der Waals surface area contributed by atoms with Crippen molar-refractivity contribution in [1.29, 1.82) is 0 Å². The molecule has 0 bridgehead atoms. The lowest BCUT2D eigenvalue weighted by Crippen LogP contribution is -2.45. The Hall–Kier alpha value is -1.06. The molecule has 0 aromatic carbocycles. The second-order valence-corrected chi connectivity index (χ2v) is 4.79. The summed E-state index contributed by atoms with van der Waals surface area (Å²) >= 11 is 0. The van der Waals surface area contributed by atoms with Crippen molar-refractivity contribution >= 4 is 11.8 Å². The quantitative estimate of drug-likeness (QED) is 0.770. The molecule has 1 saturated carbocycles. The standard InChI is InChI=1S/C12H20N2O2/c1-2-13-11(15)10-4-3-7-14(8-10)12(16)9-5-6-9/h9-10H,2-8H2,1H3,(H,13,15). The zero-order chi connectivity index (χ0) is 11.5. The highest BCUT2D eigenvalue weighted by molar-refractivity contribution is 5.83. The van der Waals surface area contributed by atoms with E-state index in [0.29, 0.717) is 13.1 Å². The van der Waals surface area contributed by atoms with E-state index in [1.165, 1.54) is 0 Å². The van der Waals surface area contributed by atoms with Crippen LogP contribution in [0, 0.1) is 11.8 Å². The van der Waals surface area contributed by atoms with E-state index in [4.69, 9.17) is 0 Å². The molecule has 0 aromatic rings. The minimum Gasteiger partial charge on any atom is -0.356 e. The van der Waals surface area contributed by atoms with Crippen molar-refractivity contribution in [3.8, 4) is 0 Å². The summed E-state index contributed by atoms with van der Waals surface area (Å²) in [5.41, 5.74) is 0. The van der Waals surface area contributed by atoms with Gasteiger partial charge < -0.3 is 10.2 Å². The van der Waals surface area contributed by atoms with E-state index < -0.39 is 0 Å². The van der Waals surface area contributed by atoms with Crippen molar-refractivity contribution in [2.45, 2.75) is 32.6 Å². The summed E-state index contributed by atoms with van der Waals surface area (Å²) in [5, 5.41) is 2.84. The molecule has 1 aliphatic carbocycles. The molecule has 2 amide bonds. The van der Waals surface area contributed by atoms with Gasteiger partial charge in [-0.05, 0) is 32.6 Å². The molecule has 1 saturated heterocycles. The minimum atomic E-state index is 0.0106. The largest absolute Gasteiger partial charge is 0.356 e. The third-order valence-corrected chi connectivity index (χ3v) is 3.38. The number of likely N-dealkylation sites (tertiary alicyclic amines) is 1. The highest BCUT2D eigenvalue weighted by atomic mass is 16.2. The Kier molecular flexibility index (Phi) is 3.46. The lowest BCUT2D eigenvalue weighted by Gasteiger charge is -2.32. The molecule has 16 heavy (non-hydrogen) atoms. The lowest BCUT2D eigenvalue weighted by atomic mass is 9.97. The molecule has 1 atom stereocenters. The predicted octanol–water partition coefficient (Wildman–Crippen LogP) is 0.771. The van der Waals surface area contributed by atoms with Crippen LogP contribution in [0.25, 0.3) is 0 Å². The molecule has 0 radical (unpaired) electrons. The van der Waals surface area contributed by atoms with Crippen LogP contribution in [0.4, 0.5) is 0 Å². The molecule has 0 spiro atoms. The fraction of sp³-hybridized carbons (Fsp3) is 0.833. The van der Waals surface area contributed by atoms with E-state index in [1.807, 2.05) is 11.8 Å². The molecule has 2 fully saturated rings. The maximum atomic E-state index is 11.9. The smallest absolute Gasteiger partial charge is 0.225 e. The summed E-state index contributed by atoms with van der Waals surface area (Å²) in [6.07, 6.45) is 3.96. The van der Waals surface area contributed by atoms with Crippen molar-refractivity contribution in [1.82, 2.24) is 10.2 Å². The van der Waals surface area contributed by atoms with Gasteiger partial charge in [-0.25, -0.2) is 0 Å². The zero-order valence-corrected chi connectivity index (χ0v) is 9.87. The van der Waals surface area contributed by atoms with Crippen LogP contribution in [0.15, 0.2) is 0 Å². The number of carbonyl (C=O) groups excluding carboxylic acids is 2. The van der Waals surface area contributed by atoms with Gasteiger partial charge in [0.1, 0.15) is 0 Å². The van der Waals surface area contributed by atoms with Crippen LogP contribution in [-0.2, 0) is 9.59 Å². The molecule has 4 nitrogen and oxygen atoms in total. The Bertz CT molecular complexity index is 287. The highest BCUT2D eigenvalue weighted by Gasteiger charge is 2.36. The first-order chi connectivity index (χ1) is 7.72. The van der Waals surface area contributed by atoms with E-state index in [1.54, 1.807) is 0 Å². The van der Waals surface area contributed by atoms with Gasteiger partial charge in [-0.3, -0.25) is 9.59 Å². The van der Waals surface area contributed by atoms with E-state index in [2.05, 4.69) is 5.32 Å². The first-order valence-electron chi connectivity index (χ1n) is 6.29. The summed E-state index contributed by atoms with van der Waals surface area (Å²) in [4.78, 5) is 25.5. The van der Waals surface area contributed by atoms with Crippen molar-refractivity contribution < 1.29 is 9.59 Å². The van der Waals surface area contributed by atoms with E-state index in [9.17, 15) is 9.59 Å². The summed E-state index contributed by atoms with van der Waals surface area (Å²) in [7, 11) is 0. The molecule has 1 aliphatic heterocycles. The molecule has 2 rings (SSSR count). The molecule has 90 valence electrons. The van der Waals surface area contributed by atoms with Gasteiger partial charge in [0.2, 0.25) is 11.8 Å². The summed E-state index contributed by atoms with van der Waals surface area (Å²) in [6.45, 7) is 4.06. The maximum Gasteiger partial charge on any atom is 0.225 e. The Morgan fingerprint density at radius 1 is 1.25 bits per heavy atom. The number of rotatable bonds is 3. The van der Waals surface area contributed by atoms with Crippen molar-refractivity contribution in [2.75, 3.05) is 19.6 Å². The number of piperidine rings is 1. The third-order valence-electron chi connectivity index (χ3n) is 3.38. The van der Waals surface area contributed by atoms with Crippen LogP contribution < -0.4 is 5.32 Å². The van der Waals surface area contributed by atoms with Crippen LogP contribution >= 0.6 is 0 Å². The highest BCUT2D eigenvalue weighted by Crippen LogP contribution is 2.32. The molecule has 1 N–H and O–H groups in total. The van der Waals surface area contributed by atoms with Crippen LogP contribution in [0.5, 0.6) is 0 Å². The van der Waals surface area contributed by atoms with Crippen LogP contribution in [0.1, 0.15) is 32.6 Å². The lowest BCUT2D eigenvalue weighted by molar-refractivity contribution is -0.136. The van der Waals surface area contributed by atoms with E-state index in [0.717, 1.165) is 32.2 Å². The van der Waals surface area contributed by atoms with Gasteiger partial charge in [0.25, 0.3) is 0 Å². The number of carbonyl (C=O) groups is 2. The molecular weight excluding hydrogens is 204 g/mol. The fourth-order valence-corrected chi connectivity index (χ4v) is 2.30. The third kappa shape index (κ3) is 2.54. The summed E-state index contributed by atoms with van der Waals surface area (Å²) < 4.78 is 0. The molecule has 1 heterocycles. The zero-order valence-electron chi connectivity index (χ0n) is 9.87. The first-order valence-corrected chi connectivity index (χ1v) is 6.29. The van der Waals surface area contributed by atoms with Gasteiger partial charge in [-0.15, -0.1) is 0 Å². The predicted molar refractivity (Wildman–Crippen MR) is 60.7 cm³/mol. The van der Waals surface area contributed by atoms with Crippen LogP contribution in [-0.4, -0.2) is 36.3 Å². The molecule has 0 aromatic heterocycles. The van der Waals surface area contributed by atoms with Crippen LogP contribution in [0.2, 0.25) is 0 Å². The molecule has 1 unspecified atom stereocenters. The monoisotopic (exact) mass is 224 g/mol. The van der Waals surface area contributed by atoms with Gasteiger partial charge >= 0.3 is 0 Å². The normalized spacial score (nSPS) is 25.3.